The zero-order chi connectivity index (χ0) is 7.68. The van der Waals surface area contributed by atoms with Crippen LogP contribution in [-0.4, -0.2) is 0 Å². The third-order valence-corrected chi connectivity index (χ3v) is 1.88. The number of benzene rings is 1. The topological polar surface area (TPSA) is 9.23 Å². The average molecular weight is 146 g/mol. The lowest BCUT2D eigenvalue weighted by atomic mass is 10.0. The first kappa shape index (κ1) is 6.47. The second kappa shape index (κ2) is 2.42. The van der Waals surface area contributed by atoms with Gasteiger partial charge in [-0.1, -0.05) is 23.8 Å². The van der Waals surface area contributed by atoms with Crippen LogP contribution in [-0.2, 0) is 11.3 Å². The summed E-state index contributed by atoms with van der Waals surface area (Å²) in [5.41, 5.74) is 3.87. The lowest BCUT2D eigenvalue weighted by Gasteiger charge is -2.11. The van der Waals surface area contributed by atoms with Crippen molar-refractivity contribution in [3.63, 3.8) is 0 Å². The molecule has 2 rings (SSSR count). The Labute approximate surface area is 66.3 Å². The number of fused-ring (bicyclic) bond motifs is 1. The van der Waals surface area contributed by atoms with Crippen LogP contribution in [0, 0.1) is 6.92 Å². The molecule has 1 nitrogen and oxygen atoms in total. The molecular formula is C10H10O. The number of hydrogen-bond acceptors (Lipinski definition) is 1. The minimum absolute atomic E-state index is 0.714. The fraction of sp³-hybridized carbons (Fsp3) is 0.200. The van der Waals surface area contributed by atoms with Gasteiger partial charge in [0.05, 0.1) is 6.26 Å². The quantitative estimate of drug-likeness (QED) is 0.546. The highest BCUT2D eigenvalue weighted by Gasteiger charge is 2.03. The van der Waals surface area contributed by atoms with Crippen molar-refractivity contribution in [1.82, 2.24) is 0 Å². The van der Waals surface area contributed by atoms with E-state index in [1.165, 1.54) is 16.7 Å². The van der Waals surface area contributed by atoms with Gasteiger partial charge in [0.25, 0.3) is 0 Å². The van der Waals surface area contributed by atoms with Crippen LogP contribution in [0.4, 0.5) is 0 Å². The molecule has 0 bridgehead atoms. The van der Waals surface area contributed by atoms with E-state index in [2.05, 4.69) is 25.1 Å². The molecule has 0 aromatic heterocycles. The molecule has 1 aliphatic heterocycles. The van der Waals surface area contributed by atoms with Crippen LogP contribution >= 0.6 is 0 Å². The largest absolute Gasteiger partial charge is 0.496 e. The number of hydrogen-bond donors (Lipinski definition) is 0. The maximum absolute atomic E-state index is 5.16. The molecule has 1 heteroatoms. The Bertz CT molecular complexity index is 300. The van der Waals surface area contributed by atoms with E-state index in [0.29, 0.717) is 6.61 Å². The summed E-state index contributed by atoms with van der Waals surface area (Å²) in [7, 11) is 0. The second-order valence-electron chi connectivity index (χ2n) is 2.82. The fourth-order valence-electron chi connectivity index (χ4n) is 1.26. The maximum atomic E-state index is 5.16. The van der Waals surface area contributed by atoms with Crippen LogP contribution in [0.15, 0.2) is 24.5 Å². The Morgan fingerprint density at radius 1 is 1.36 bits per heavy atom. The maximum Gasteiger partial charge on any atom is 0.113 e. The second-order valence-corrected chi connectivity index (χ2v) is 2.82. The van der Waals surface area contributed by atoms with Crippen molar-refractivity contribution in [3.8, 4) is 0 Å². The van der Waals surface area contributed by atoms with Gasteiger partial charge in [-0.25, -0.2) is 0 Å². The highest BCUT2D eigenvalue weighted by molar-refractivity contribution is 5.55. The van der Waals surface area contributed by atoms with Gasteiger partial charge in [0.2, 0.25) is 0 Å². The normalized spacial score (nSPS) is 13.9. The summed E-state index contributed by atoms with van der Waals surface area (Å²) >= 11 is 0. The third kappa shape index (κ3) is 1.14. The summed E-state index contributed by atoms with van der Waals surface area (Å²) in [5.74, 6) is 0. The Morgan fingerprint density at radius 2 is 2.27 bits per heavy atom. The Balaban J connectivity index is 2.54. The minimum atomic E-state index is 0.714. The van der Waals surface area contributed by atoms with E-state index in [1.54, 1.807) is 6.26 Å². The molecule has 0 atom stereocenters. The van der Waals surface area contributed by atoms with E-state index in [1.807, 2.05) is 6.08 Å². The molecule has 0 amide bonds. The summed E-state index contributed by atoms with van der Waals surface area (Å²) in [4.78, 5) is 0. The van der Waals surface area contributed by atoms with Crippen LogP contribution in [0.3, 0.4) is 0 Å². The van der Waals surface area contributed by atoms with Gasteiger partial charge in [-0.05, 0) is 24.1 Å². The zero-order valence-corrected chi connectivity index (χ0v) is 6.50. The lowest BCUT2D eigenvalue weighted by Crippen LogP contribution is -1.95. The Morgan fingerprint density at radius 3 is 3.18 bits per heavy atom. The van der Waals surface area contributed by atoms with E-state index in [0.717, 1.165) is 0 Å². The van der Waals surface area contributed by atoms with E-state index >= 15 is 0 Å². The van der Waals surface area contributed by atoms with E-state index < -0.39 is 0 Å². The molecule has 56 valence electrons. The summed E-state index contributed by atoms with van der Waals surface area (Å²) in [6.45, 7) is 2.82. The third-order valence-electron chi connectivity index (χ3n) is 1.88. The predicted octanol–water partition coefficient (Wildman–Crippen LogP) is 2.50. The van der Waals surface area contributed by atoms with E-state index in [-0.39, 0.29) is 0 Å². The first-order valence-corrected chi connectivity index (χ1v) is 3.74. The Kier molecular flexibility index (Phi) is 1.42. The number of ether oxygens (including phenoxy) is 1. The monoisotopic (exact) mass is 146 g/mol. The van der Waals surface area contributed by atoms with Gasteiger partial charge in [0.15, 0.2) is 0 Å². The highest BCUT2D eigenvalue weighted by atomic mass is 16.5. The van der Waals surface area contributed by atoms with Crippen molar-refractivity contribution in [2.75, 3.05) is 0 Å². The van der Waals surface area contributed by atoms with Crippen molar-refractivity contribution in [2.24, 2.45) is 0 Å². The summed E-state index contributed by atoms with van der Waals surface area (Å²) in [6.07, 6.45) is 3.76. The first-order valence-electron chi connectivity index (χ1n) is 3.74. The molecule has 0 saturated carbocycles. The molecule has 0 spiro atoms. The highest BCUT2D eigenvalue weighted by Crippen LogP contribution is 2.18. The van der Waals surface area contributed by atoms with Gasteiger partial charge in [-0.15, -0.1) is 0 Å². The summed E-state index contributed by atoms with van der Waals surface area (Å²) < 4.78 is 5.16. The molecule has 11 heavy (non-hydrogen) atoms. The van der Waals surface area contributed by atoms with Gasteiger partial charge in [0.1, 0.15) is 6.61 Å². The molecule has 1 aromatic rings. The van der Waals surface area contributed by atoms with Crippen LogP contribution < -0.4 is 0 Å². The van der Waals surface area contributed by atoms with Gasteiger partial charge in [0, 0.05) is 0 Å². The van der Waals surface area contributed by atoms with Gasteiger partial charge in [-0.3, -0.25) is 0 Å². The van der Waals surface area contributed by atoms with Crippen molar-refractivity contribution in [2.45, 2.75) is 13.5 Å². The molecule has 0 unspecified atom stereocenters. The standard InChI is InChI=1S/C10H10O/c1-8-2-3-10-7-11-5-4-9(10)6-8/h2-6H,7H2,1H3. The molecule has 0 N–H and O–H groups in total. The first-order chi connectivity index (χ1) is 5.36. The lowest BCUT2D eigenvalue weighted by molar-refractivity contribution is 0.234. The summed E-state index contributed by atoms with van der Waals surface area (Å²) in [5, 5.41) is 0. The van der Waals surface area contributed by atoms with Gasteiger partial charge >= 0.3 is 0 Å². The van der Waals surface area contributed by atoms with Gasteiger partial charge in [-0.2, -0.15) is 0 Å². The van der Waals surface area contributed by atoms with Crippen molar-refractivity contribution < 1.29 is 4.74 Å². The fourth-order valence-corrected chi connectivity index (χ4v) is 1.26. The average Bonchev–Trinajstić information content (AvgIpc) is 2.04. The van der Waals surface area contributed by atoms with Crippen molar-refractivity contribution in [1.29, 1.82) is 0 Å². The number of aryl methyl sites for hydroxylation is 1. The van der Waals surface area contributed by atoms with E-state index in [9.17, 15) is 0 Å². The molecule has 1 aliphatic rings. The minimum Gasteiger partial charge on any atom is -0.496 e. The van der Waals surface area contributed by atoms with E-state index in [4.69, 9.17) is 4.74 Å². The molecule has 0 aliphatic carbocycles. The van der Waals surface area contributed by atoms with Crippen LogP contribution in [0.25, 0.3) is 6.08 Å². The van der Waals surface area contributed by atoms with Crippen molar-refractivity contribution in [3.05, 3.63) is 41.2 Å². The molecule has 0 fully saturated rings. The van der Waals surface area contributed by atoms with Gasteiger partial charge < -0.3 is 4.74 Å². The molecule has 1 heterocycles. The Hall–Kier alpha value is -1.24. The molecule has 1 aromatic carbocycles. The smallest absolute Gasteiger partial charge is 0.113 e. The molecule has 0 radical (unpaired) electrons. The summed E-state index contributed by atoms with van der Waals surface area (Å²) in [6, 6.07) is 6.41. The zero-order valence-electron chi connectivity index (χ0n) is 6.50. The number of rotatable bonds is 0. The van der Waals surface area contributed by atoms with Crippen LogP contribution in [0.5, 0.6) is 0 Å². The van der Waals surface area contributed by atoms with Crippen LogP contribution in [0.1, 0.15) is 16.7 Å². The molecular weight excluding hydrogens is 136 g/mol. The van der Waals surface area contributed by atoms with Crippen molar-refractivity contribution >= 4 is 6.08 Å². The predicted molar refractivity (Wildman–Crippen MR) is 45.0 cm³/mol. The van der Waals surface area contributed by atoms with Crippen LogP contribution in [0.2, 0.25) is 0 Å². The SMILES string of the molecule is Cc1ccc2c(c1)C=COC2. The molecule has 0 saturated heterocycles.